The van der Waals surface area contributed by atoms with Crippen molar-refractivity contribution in [2.45, 2.75) is 31.7 Å². The van der Waals surface area contributed by atoms with Gasteiger partial charge in [0.05, 0.1) is 5.39 Å². The van der Waals surface area contributed by atoms with E-state index in [2.05, 4.69) is 20.6 Å². The third kappa shape index (κ3) is 3.10. The summed E-state index contributed by atoms with van der Waals surface area (Å²) < 4.78 is 1.52. The van der Waals surface area contributed by atoms with E-state index in [1.54, 1.807) is 11.8 Å². The molecule has 0 spiro atoms. The quantitative estimate of drug-likeness (QED) is 0.702. The number of aryl methyl sites for hydroxylation is 2. The van der Waals surface area contributed by atoms with Crippen LogP contribution in [-0.4, -0.2) is 26.2 Å². The molecule has 0 aliphatic heterocycles. The molecule has 0 fully saturated rings. The lowest BCUT2D eigenvalue weighted by Crippen LogP contribution is -2.24. The molecule has 0 aliphatic carbocycles. The molecule has 3 rings (SSSR count). The van der Waals surface area contributed by atoms with Crippen molar-refractivity contribution in [2.75, 3.05) is 11.6 Å². The summed E-state index contributed by atoms with van der Waals surface area (Å²) in [4.78, 5) is 13.7. The smallest absolute Gasteiger partial charge is 0.274 e. The maximum Gasteiger partial charge on any atom is 0.274 e. The number of anilines is 2. The minimum absolute atomic E-state index is 0.0542. The van der Waals surface area contributed by atoms with Gasteiger partial charge in [0.1, 0.15) is 0 Å². The molecule has 120 valence electrons. The molecule has 23 heavy (non-hydrogen) atoms. The van der Waals surface area contributed by atoms with E-state index in [9.17, 15) is 4.79 Å². The third-order valence-electron chi connectivity index (χ3n) is 3.56. The summed E-state index contributed by atoms with van der Waals surface area (Å²) in [6.07, 6.45) is 2.85. The van der Waals surface area contributed by atoms with Crippen LogP contribution in [0, 0.1) is 6.92 Å². The first-order chi connectivity index (χ1) is 11.1. The van der Waals surface area contributed by atoms with Gasteiger partial charge in [-0.2, -0.15) is 10.2 Å². The molecule has 1 aromatic carbocycles. The van der Waals surface area contributed by atoms with Gasteiger partial charge in [-0.1, -0.05) is 6.92 Å². The van der Waals surface area contributed by atoms with E-state index in [1.165, 1.54) is 4.68 Å². The highest BCUT2D eigenvalue weighted by molar-refractivity contribution is 7.98. The second-order valence-electron chi connectivity index (χ2n) is 5.35. The zero-order valence-corrected chi connectivity index (χ0v) is 14.2. The molecule has 7 heteroatoms. The van der Waals surface area contributed by atoms with Crippen molar-refractivity contribution >= 4 is 34.2 Å². The van der Waals surface area contributed by atoms with Gasteiger partial charge in [-0.25, -0.2) is 4.68 Å². The monoisotopic (exact) mass is 329 g/mol. The van der Waals surface area contributed by atoms with Crippen LogP contribution in [0.5, 0.6) is 0 Å². The fourth-order valence-corrected chi connectivity index (χ4v) is 2.89. The van der Waals surface area contributed by atoms with Gasteiger partial charge in [0.25, 0.3) is 5.56 Å². The number of aromatic amines is 1. The Morgan fingerprint density at radius 1 is 1.30 bits per heavy atom. The van der Waals surface area contributed by atoms with Crippen LogP contribution in [0.1, 0.15) is 19.0 Å². The molecule has 2 N–H and O–H groups in total. The van der Waals surface area contributed by atoms with Crippen molar-refractivity contribution in [1.29, 1.82) is 0 Å². The second kappa shape index (κ2) is 6.45. The standard InChI is InChI=1S/C16H19N5OS/c1-4-7-21-16(22)13-9-11(23-3)5-6-12(13)15(20-21)17-14-8-10(2)18-19-14/h5-6,8-9H,4,7H2,1-3H3,(H2,17,18,19,20). The van der Waals surface area contributed by atoms with Gasteiger partial charge in [0.2, 0.25) is 0 Å². The highest BCUT2D eigenvalue weighted by Gasteiger charge is 2.12. The number of hydrogen-bond donors (Lipinski definition) is 2. The predicted octanol–water partition coefficient (Wildman–Crippen LogP) is 3.30. The average molecular weight is 329 g/mol. The van der Waals surface area contributed by atoms with Crippen molar-refractivity contribution in [1.82, 2.24) is 20.0 Å². The summed E-state index contributed by atoms with van der Waals surface area (Å²) in [5.74, 6) is 1.33. The molecule has 0 unspecified atom stereocenters. The van der Waals surface area contributed by atoms with Gasteiger partial charge in [-0.05, 0) is 37.8 Å². The van der Waals surface area contributed by atoms with Crippen LogP contribution in [0.3, 0.4) is 0 Å². The number of aromatic nitrogens is 4. The van der Waals surface area contributed by atoms with Crippen molar-refractivity contribution in [3.63, 3.8) is 0 Å². The van der Waals surface area contributed by atoms with Gasteiger partial charge in [0, 0.05) is 28.6 Å². The van der Waals surface area contributed by atoms with Crippen LogP contribution in [0.15, 0.2) is 34.0 Å². The summed E-state index contributed by atoms with van der Waals surface area (Å²) in [7, 11) is 0. The van der Waals surface area contributed by atoms with Crippen molar-refractivity contribution in [3.05, 3.63) is 40.3 Å². The fraction of sp³-hybridized carbons (Fsp3) is 0.312. The number of fused-ring (bicyclic) bond motifs is 1. The van der Waals surface area contributed by atoms with Gasteiger partial charge >= 0.3 is 0 Å². The average Bonchev–Trinajstić information content (AvgIpc) is 2.96. The Balaban J connectivity index is 2.18. The van der Waals surface area contributed by atoms with Crippen LogP contribution >= 0.6 is 11.8 Å². The summed E-state index contributed by atoms with van der Waals surface area (Å²) in [5.41, 5.74) is 0.907. The van der Waals surface area contributed by atoms with Gasteiger partial charge < -0.3 is 5.32 Å². The van der Waals surface area contributed by atoms with Gasteiger partial charge in [-0.3, -0.25) is 9.89 Å². The van der Waals surface area contributed by atoms with E-state index in [-0.39, 0.29) is 5.56 Å². The second-order valence-corrected chi connectivity index (χ2v) is 6.23. The molecule has 2 aromatic heterocycles. The maximum atomic E-state index is 12.6. The number of rotatable bonds is 5. The number of nitrogens with zero attached hydrogens (tertiary/aromatic N) is 3. The Labute approximate surface area is 138 Å². The minimum Gasteiger partial charge on any atom is -0.321 e. The summed E-state index contributed by atoms with van der Waals surface area (Å²) in [5, 5.41) is 16.3. The Hall–Kier alpha value is -2.28. The Morgan fingerprint density at radius 2 is 2.13 bits per heavy atom. The Morgan fingerprint density at radius 3 is 2.78 bits per heavy atom. The Kier molecular flexibility index (Phi) is 4.38. The fourth-order valence-electron chi connectivity index (χ4n) is 2.45. The number of nitrogens with one attached hydrogen (secondary N) is 2. The molecule has 0 saturated carbocycles. The molecule has 3 aromatic rings. The third-order valence-corrected chi connectivity index (χ3v) is 4.28. The first kappa shape index (κ1) is 15.6. The van der Waals surface area contributed by atoms with Crippen LogP contribution in [0.2, 0.25) is 0 Å². The molecular formula is C16H19N5OS. The van der Waals surface area contributed by atoms with Gasteiger partial charge in [0.15, 0.2) is 11.6 Å². The predicted molar refractivity (Wildman–Crippen MR) is 94.7 cm³/mol. The largest absolute Gasteiger partial charge is 0.321 e. The lowest BCUT2D eigenvalue weighted by molar-refractivity contribution is 0.577. The molecule has 6 nitrogen and oxygen atoms in total. The number of hydrogen-bond acceptors (Lipinski definition) is 5. The SMILES string of the molecule is CCCn1nc(Nc2cc(C)[nH]n2)c2ccc(SC)cc2c1=O. The molecular weight excluding hydrogens is 310 g/mol. The van der Waals surface area contributed by atoms with Crippen LogP contribution in [0.25, 0.3) is 10.8 Å². The van der Waals surface area contributed by atoms with E-state index in [4.69, 9.17) is 0 Å². The highest BCUT2D eigenvalue weighted by atomic mass is 32.2. The van der Waals surface area contributed by atoms with Gasteiger partial charge in [-0.15, -0.1) is 11.8 Å². The number of thioether (sulfide) groups is 1. The summed E-state index contributed by atoms with van der Waals surface area (Å²) in [6, 6.07) is 7.77. The van der Waals surface area contributed by atoms with Crippen molar-refractivity contribution in [2.24, 2.45) is 0 Å². The molecule has 0 amide bonds. The Bertz CT molecular complexity index is 899. The van der Waals surface area contributed by atoms with Crippen molar-refractivity contribution < 1.29 is 0 Å². The lowest BCUT2D eigenvalue weighted by Gasteiger charge is -2.11. The first-order valence-corrected chi connectivity index (χ1v) is 8.72. The lowest BCUT2D eigenvalue weighted by atomic mass is 10.2. The minimum atomic E-state index is -0.0542. The topological polar surface area (TPSA) is 75.6 Å². The first-order valence-electron chi connectivity index (χ1n) is 7.50. The normalized spacial score (nSPS) is 11.1. The van der Waals surface area contributed by atoms with E-state index in [1.807, 2.05) is 44.4 Å². The zero-order valence-electron chi connectivity index (χ0n) is 13.4. The van der Waals surface area contributed by atoms with Crippen molar-refractivity contribution in [3.8, 4) is 0 Å². The van der Waals surface area contributed by atoms with E-state index in [0.717, 1.165) is 22.4 Å². The van der Waals surface area contributed by atoms with Crippen LogP contribution in [0.4, 0.5) is 11.6 Å². The summed E-state index contributed by atoms with van der Waals surface area (Å²) >= 11 is 1.62. The van der Waals surface area contributed by atoms with E-state index >= 15 is 0 Å². The van der Waals surface area contributed by atoms with E-state index < -0.39 is 0 Å². The highest BCUT2D eigenvalue weighted by Crippen LogP contribution is 2.25. The summed E-state index contributed by atoms with van der Waals surface area (Å²) in [6.45, 7) is 4.56. The molecule has 0 radical (unpaired) electrons. The maximum absolute atomic E-state index is 12.6. The zero-order chi connectivity index (χ0) is 16.4. The van der Waals surface area contributed by atoms with Crippen LogP contribution < -0.4 is 10.9 Å². The molecule has 0 bridgehead atoms. The molecule has 2 heterocycles. The molecule has 0 atom stereocenters. The number of H-pyrrole nitrogens is 1. The number of benzene rings is 1. The van der Waals surface area contributed by atoms with Crippen LogP contribution in [-0.2, 0) is 6.54 Å². The van der Waals surface area contributed by atoms with E-state index in [0.29, 0.717) is 23.6 Å². The molecule has 0 saturated heterocycles. The molecule has 0 aliphatic rings.